The highest BCUT2D eigenvalue weighted by Gasteiger charge is 2.75. The molecular weight excluding hydrogens is 673 g/mol. The summed E-state index contributed by atoms with van der Waals surface area (Å²) in [5.74, 6) is 7.58. The molecule has 54 heavy (non-hydrogen) atoms. The van der Waals surface area contributed by atoms with Crippen molar-refractivity contribution in [3.05, 3.63) is 47.5 Å². The highest BCUT2D eigenvalue weighted by atomic mass is 16.5. The van der Waals surface area contributed by atoms with Crippen LogP contribution in [-0.2, 0) is 25.5 Å². The lowest BCUT2D eigenvalue weighted by Gasteiger charge is -2.71. The van der Waals surface area contributed by atoms with Crippen LogP contribution in [-0.4, -0.2) is 46.6 Å². The Kier molecular flexibility index (Phi) is 11.8. The molecule has 2 aliphatic heterocycles. The van der Waals surface area contributed by atoms with E-state index in [1.165, 1.54) is 24.8 Å². The smallest absolute Gasteiger partial charge is 0.331 e. The first-order valence-corrected chi connectivity index (χ1v) is 22.0. The standard InChI is InChI=1S/C48H68O6/c1-35(16-13-20-36-18-7-4-8-19-36)17-14-29-47-40(49)24-30-45(3,38-21-9-5-10-22-38)42(47)39-33-44(2,48(47,52)31-23-37-32-41(50)53-34-37)25-15-28-46(43(51)54-39)26-11-6-12-27-46/h4,7-8,18-19,32,35,38-40,42,49,52H,5-6,9-14,16-17,20-24,26-31,33-34H2,1-3H3/t35-,39-,40-,42+,44+,45+,47+,48-/m1/s1. The number of ether oxygens (including phenoxy) is 2. The van der Waals surface area contributed by atoms with E-state index in [0.29, 0.717) is 50.4 Å². The Bertz CT molecular complexity index is 1580. The monoisotopic (exact) mass is 741 g/mol. The van der Waals surface area contributed by atoms with E-state index in [2.05, 4.69) is 62.9 Å². The molecule has 2 bridgehead atoms. The van der Waals surface area contributed by atoms with E-state index >= 15 is 0 Å². The molecule has 0 saturated heterocycles. The van der Waals surface area contributed by atoms with Gasteiger partial charge in [-0.3, -0.25) is 4.79 Å². The lowest BCUT2D eigenvalue weighted by Crippen LogP contribution is -2.76. The lowest BCUT2D eigenvalue weighted by molar-refractivity contribution is -0.315. The number of carbonyl (C=O) groups is 2. The van der Waals surface area contributed by atoms with Gasteiger partial charge in [-0.05, 0) is 106 Å². The predicted octanol–water partition coefficient (Wildman–Crippen LogP) is 9.83. The van der Waals surface area contributed by atoms with Crippen LogP contribution in [0.5, 0.6) is 0 Å². The van der Waals surface area contributed by atoms with Crippen LogP contribution < -0.4 is 0 Å². The molecule has 2 N–H and O–H groups in total. The van der Waals surface area contributed by atoms with Gasteiger partial charge in [-0.2, -0.15) is 0 Å². The quantitative estimate of drug-likeness (QED) is 0.164. The number of aliphatic hydroxyl groups excluding tert-OH is 1. The molecule has 4 saturated carbocycles. The van der Waals surface area contributed by atoms with Crippen molar-refractivity contribution < 1.29 is 29.3 Å². The molecule has 296 valence electrons. The number of fused-ring (bicyclic) bond motifs is 4. The summed E-state index contributed by atoms with van der Waals surface area (Å²) in [5.41, 5.74) is -1.80. The molecule has 6 aliphatic rings. The van der Waals surface area contributed by atoms with Crippen molar-refractivity contribution in [2.45, 2.75) is 180 Å². The lowest BCUT2D eigenvalue weighted by atomic mass is 9.35. The van der Waals surface area contributed by atoms with Crippen molar-refractivity contribution in [2.75, 3.05) is 6.61 Å². The van der Waals surface area contributed by atoms with Crippen LogP contribution in [0.4, 0.5) is 0 Å². The van der Waals surface area contributed by atoms with Gasteiger partial charge in [0.05, 0.1) is 22.5 Å². The first kappa shape index (κ1) is 39.6. The number of benzene rings is 1. The van der Waals surface area contributed by atoms with E-state index < -0.39 is 34.1 Å². The molecular formula is C48H68O6. The number of aliphatic hydroxyl groups is 2. The number of cyclic esters (lactones) is 1. The first-order chi connectivity index (χ1) is 25.9. The van der Waals surface area contributed by atoms with Gasteiger partial charge in [0, 0.05) is 30.3 Å². The molecule has 0 unspecified atom stereocenters. The average Bonchev–Trinajstić information content (AvgIpc) is 3.61. The molecule has 0 radical (unpaired) electrons. The Labute approximate surface area is 325 Å². The molecule has 4 aliphatic carbocycles. The summed E-state index contributed by atoms with van der Waals surface area (Å²) < 4.78 is 12.4. The molecule has 6 heteroatoms. The van der Waals surface area contributed by atoms with Crippen molar-refractivity contribution in [1.82, 2.24) is 0 Å². The van der Waals surface area contributed by atoms with E-state index in [0.717, 1.165) is 89.0 Å². The molecule has 6 nitrogen and oxygen atoms in total. The fourth-order valence-electron chi connectivity index (χ4n) is 13.1. The second-order valence-electron chi connectivity index (χ2n) is 19.4. The molecule has 8 atom stereocenters. The second-order valence-corrected chi connectivity index (χ2v) is 19.4. The second kappa shape index (κ2) is 16.1. The average molecular weight is 741 g/mol. The van der Waals surface area contributed by atoms with Crippen LogP contribution in [0, 0.1) is 51.3 Å². The zero-order valence-corrected chi connectivity index (χ0v) is 33.6. The van der Waals surface area contributed by atoms with E-state index in [-0.39, 0.29) is 29.9 Å². The minimum absolute atomic E-state index is 0.0880. The van der Waals surface area contributed by atoms with Gasteiger partial charge in [-0.25, -0.2) is 4.79 Å². The summed E-state index contributed by atoms with van der Waals surface area (Å²) >= 11 is 0. The van der Waals surface area contributed by atoms with Crippen molar-refractivity contribution in [1.29, 1.82) is 0 Å². The van der Waals surface area contributed by atoms with Gasteiger partial charge in [0.15, 0.2) is 0 Å². The third-order valence-corrected chi connectivity index (χ3v) is 16.1. The summed E-state index contributed by atoms with van der Waals surface area (Å²) in [6, 6.07) is 10.7. The van der Waals surface area contributed by atoms with Crippen LogP contribution in [0.1, 0.15) is 161 Å². The summed E-state index contributed by atoms with van der Waals surface area (Å²) in [6.07, 6.45) is 20.3. The number of carbonyl (C=O) groups excluding carboxylic acids is 2. The fourth-order valence-corrected chi connectivity index (χ4v) is 13.1. The summed E-state index contributed by atoms with van der Waals surface area (Å²) in [6.45, 7) is 7.15. The van der Waals surface area contributed by atoms with Gasteiger partial charge in [0.2, 0.25) is 0 Å². The van der Waals surface area contributed by atoms with Crippen LogP contribution in [0.3, 0.4) is 0 Å². The number of aryl methyl sites for hydroxylation is 1. The minimum Gasteiger partial charge on any atom is -0.462 e. The maximum atomic E-state index is 14.7. The largest absolute Gasteiger partial charge is 0.462 e. The van der Waals surface area contributed by atoms with E-state index in [1.807, 2.05) is 0 Å². The first-order valence-electron chi connectivity index (χ1n) is 22.0. The summed E-state index contributed by atoms with van der Waals surface area (Å²) in [7, 11) is 0. The Morgan fingerprint density at radius 3 is 2.33 bits per heavy atom. The van der Waals surface area contributed by atoms with Crippen LogP contribution in [0.2, 0.25) is 0 Å². The highest BCUT2D eigenvalue weighted by Crippen LogP contribution is 2.72. The van der Waals surface area contributed by atoms with Gasteiger partial charge in [0.1, 0.15) is 12.7 Å². The van der Waals surface area contributed by atoms with Crippen molar-refractivity contribution in [3.8, 4) is 11.8 Å². The van der Waals surface area contributed by atoms with E-state index in [4.69, 9.17) is 9.47 Å². The SMILES string of the molecule is C[C@H](CCCc1ccccc1)CCC[C@]12[C@H](O)CC[C@@](C)(C3CCCCC3)[C@@H]1[C@H]1C[C@](C)(C#CCC3(CCCCC3)C(=O)O1)[C@]2(O)CCC1=CC(=O)OC1. The molecule has 1 spiro atoms. The molecule has 4 fully saturated rings. The highest BCUT2D eigenvalue weighted by molar-refractivity contribution is 5.85. The number of rotatable bonds is 12. The molecule has 2 heterocycles. The van der Waals surface area contributed by atoms with Gasteiger partial charge in [-0.1, -0.05) is 108 Å². The fraction of sp³-hybridized carbons (Fsp3) is 0.750. The molecule has 0 aromatic heterocycles. The minimum atomic E-state index is -1.39. The predicted molar refractivity (Wildman–Crippen MR) is 212 cm³/mol. The van der Waals surface area contributed by atoms with E-state index in [9.17, 15) is 19.8 Å². The van der Waals surface area contributed by atoms with Crippen LogP contribution in [0.15, 0.2) is 42.0 Å². The van der Waals surface area contributed by atoms with Crippen molar-refractivity contribution in [3.63, 3.8) is 0 Å². The van der Waals surface area contributed by atoms with Gasteiger partial charge in [-0.15, -0.1) is 5.92 Å². The Balaban J connectivity index is 1.29. The number of hydrogen-bond donors (Lipinski definition) is 2. The van der Waals surface area contributed by atoms with Crippen LogP contribution in [0.25, 0.3) is 0 Å². The number of hydrogen-bond acceptors (Lipinski definition) is 6. The molecule has 7 rings (SSSR count). The molecule has 0 amide bonds. The zero-order chi connectivity index (χ0) is 38.0. The molecule has 1 aromatic rings. The Morgan fingerprint density at radius 2 is 1.61 bits per heavy atom. The maximum Gasteiger partial charge on any atom is 0.331 e. The Hall–Kier alpha value is -2.62. The maximum absolute atomic E-state index is 14.7. The third-order valence-electron chi connectivity index (χ3n) is 16.1. The van der Waals surface area contributed by atoms with Crippen molar-refractivity contribution in [2.24, 2.45) is 39.4 Å². The van der Waals surface area contributed by atoms with Gasteiger partial charge >= 0.3 is 11.9 Å². The van der Waals surface area contributed by atoms with E-state index in [1.54, 1.807) is 6.08 Å². The summed E-state index contributed by atoms with van der Waals surface area (Å²) in [5, 5.41) is 26.9. The normalized spacial score (nSPS) is 37.1. The van der Waals surface area contributed by atoms with Crippen LogP contribution >= 0.6 is 0 Å². The number of esters is 2. The third kappa shape index (κ3) is 7.24. The zero-order valence-electron chi connectivity index (χ0n) is 33.6. The molecule has 1 aromatic carbocycles. The van der Waals surface area contributed by atoms with Crippen molar-refractivity contribution >= 4 is 11.9 Å². The van der Waals surface area contributed by atoms with Gasteiger partial charge in [0.25, 0.3) is 0 Å². The summed E-state index contributed by atoms with van der Waals surface area (Å²) in [4.78, 5) is 26.9. The topological polar surface area (TPSA) is 93.1 Å². The van der Waals surface area contributed by atoms with Gasteiger partial charge < -0.3 is 19.7 Å². The Morgan fingerprint density at radius 1 is 0.889 bits per heavy atom.